The molecule has 0 aromatic heterocycles. The number of esters is 3. The lowest BCUT2D eigenvalue weighted by atomic mass is 10.0. The summed E-state index contributed by atoms with van der Waals surface area (Å²) in [5, 5.41) is 0. The van der Waals surface area contributed by atoms with E-state index >= 15 is 0 Å². The average molecular weight is 1130 g/mol. The zero-order valence-corrected chi connectivity index (χ0v) is 53.8. The molecule has 0 aromatic rings. The van der Waals surface area contributed by atoms with Gasteiger partial charge in [0.05, 0.1) is 0 Å². The maximum absolute atomic E-state index is 13.0. The molecule has 468 valence electrons. The number of hydrogen-bond acceptors (Lipinski definition) is 6. The van der Waals surface area contributed by atoms with Crippen molar-refractivity contribution in [3.63, 3.8) is 0 Å². The predicted molar refractivity (Wildman–Crippen MR) is 353 cm³/mol. The first-order chi connectivity index (χ1) is 40.0. The lowest BCUT2D eigenvalue weighted by Gasteiger charge is -2.18. The number of hydrogen-bond donors (Lipinski definition) is 0. The molecule has 0 N–H and O–H groups in total. The molecule has 0 bridgehead atoms. The van der Waals surface area contributed by atoms with Gasteiger partial charge >= 0.3 is 17.9 Å². The summed E-state index contributed by atoms with van der Waals surface area (Å²) in [5.41, 5.74) is 0. The van der Waals surface area contributed by atoms with Crippen LogP contribution < -0.4 is 0 Å². The fourth-order valence-corrected chi connectivity index (χ4v) is 10.2. The molecule has 0 spiro atoms. The second kappa shape index (κ2) is 69.1. The molecule has 1 atom stereocenters. The summed E-state index contributed by atoms with van der Waals surface area (Å²) >= 11 is 0. The minimum Gasteiger partial charge on any atom is -0.462 e. The third kappa shape index (κ3) is 67.3. The summed E-state index contributed by atoms with van der Waals surface area (Å²) in [6, 6.07) is 0. The van der Waals surface area contributed by atoms with Crippen molar-refractivity contribution >= 4 is 17.9 Å². The van der Waals surface area contributed by atoms with Crippen molar-refractivity contribution < 1.29 is 28.6 Å². The Morgan fingerprint density at radius 2 is 0.481 bits per heavy atom. The molecule has 0 aliphatic heterocycles. The fraction of sp³-hybridized carbons (Fsp3) is 0.773. The second-order valence-electron chi connectivity index (χ2n) is 23.4. The molecule has 1 unspecified atom stereocenters. The number of unbranched alkanes of at least 4 members (excludes halogenated alkanes) is 39. The molecule has 0 aliphatic carbocycles. The van der Waals surface area contributed by atoms with Crippen LogP contribution in [0.2, 0.25) is 0 Å². The second-order valence-corrected chi connectivity index (χ2v) is 23.4. The largest absolute Gasteiger partial charge is 0.462 e. The molecule has 0 aromatic carbocycles. The SMILES string of the molecule is CC/C=C\C/C=C\C/C=C\C/C=C\C/C=C\C/C=C\C/C=C\CCCCCCCC(=O)OCC(COC(=O)CCCCCCCCCCCCCCC)OC(=O)CCCCCCCCCCCCCCCCCCCCCCCCC. The van der Waals surface area contributed by atoms with Crippen LogP contribution in [0.5, 0.6) is 0 Å². The molecular formula is C75H132O6. The smallest absolute Gasteiger partial charge is 0.306 e. The minimum atomic E-state index is -0.783. The van der Waals surface area contributed by atoms with E-state index in [1.165, 1.54) is 193 Å². The molecule has 0 rings (SSSR count). The van der Waals surface area contributed by atoms with Crippen LogP contribution in [0.15, 0.2) is 85.1 Å². The molecule has 0 saturated heterocycles. The highest BCUT2D eigenvalue weighted by molar-refractivity contribution is 5.71. The molecule has 0 heterocycles. The topological polar surface area (TPSA) is 78.9 Å². The zero-order chi connectivity index (χ0) is 58.5. The van der Waals surface area contributed by atoms with Crippen LogP contribution in [-0.4, -0.2) is 37.2 Å². The summed E-state index contributed by atoms with van der Waals surface area (Å²) in [6.07, 6.45) is 91.8. The summed E-state index contributed by atoms with van der Waals surface area (Å²) in [4.78, 5) is 38.4. The maximum Gasteiger partial charge on any atom is 0.306 e. The number of carbonyl (C=O) groups is 3. The van der Waals surface area contributed by atoms with Crippen molar-refractivity contribution in [2.24, 2.45) is 0 Å². The standard InChI is InChI=1S/C75H132O6/c1-4-7-10-13-16-19-22-25-27-29-31-33-35-36-37-38-40-41-43-45-47-50-53-56-59-62-65-68-74(77)80-71-72(70-79-73(76)67-64-61-58-55-52-49-24-21-18-15-12-9-6-3)81-75(78)69-66-63-60-57-54-51-48-46-44-42-39-34-32-30-28-26-23-20-17-14-11-8-5-2/h7,10,16,19,25,27,31,33,36-37,40-41,45,47,72H,4-6,8-9,11-15,17-18,20-24,26,28-30,32,34-35,38-39,42-44,46,48-71H2,1-3H3/b10-7-,19-16-,27-25-,33-31-,37-36-,41-40-,47-45-. The molecular weight excluding hydrogens is 997 g/mol. The monoisotopic (exact) mass is 1130 g/mol. The Bertz CT molecular complexity index is 1530. The van der Waals surface area contributed by atoms with E-state index in [0.29, 0.717) is 19.3 Å². The van der Waals surface area contributed by atoms with E-state index in [-0.39, 0.29) is 31.1 Å². The van der Waals surface area contributed by atoms with Crippen molar-refractivity contribution in [1.82, 2.24) is 0 Å². The lowest BCUT2D eigenvalue weighted by molar-refractivity contribution is -0.167. The van der Waals surface area contributed by atoms with E-state index < -0.39 is 6.10 Å². The summed E-state index contributed by atoms with van der Waals surface area (Å²) < 4.78 is 17.0. The predicted octanol–water partition coefficient (Wildman–Crippen LogP) is 24.2. The number of rotatable bonds is 64. The van der Waals surface area contributed by atoms with Gasteiger partial charge in [0.2, 0.25) is 0 Å². The van der Waals surface area contributed by atoms with Gasteiger partial charge in [-0.15, -0.1) is 0 Å². The third-order valence-corrected chi connectivity index (χ3v) is 15.4. The molecule has 6 heteroatoms. The van der Waals surface area contributed by atoms with Gasteiger partial charge in [0.15, 0.2) is 6.10 Å². The van der Waals surface area contributed by atoms with E-state index in [4.69, 9.17) is 14.2 Å². The van der Waals surface area contributed by atoms with Gasteiger partial charge in [-0.3, -0.25) is 14.4 Å². The number of allylic oxidation sites excluding steroid dienone is 14. The van der Waals surface area contributed by atoms with Crippen molar-refractivity contribution in [2.45, 2.75) is 361 Å². The highest BCUT2D eigenvalue weighted by atomic mass is 16.6. The van der Waals surface area contributed by atoms with Crippen LogP contribution in [0, 0.1) is 0 Å². The molecule has 0 radical (unpaired) electrons. The van der Waals surface area contributed by atoms with Gasteiger partial charge in [-0.2, -0.15) is 0 Å². The minimum absolute atomic E-state index is 0.0778. The van der Waals surface area contributed by atoms with E-state index in [2.05, 4.69) is 106 Å². The average Bonchev–Trinajstić information content (AvgIpc) is 3.46. The highest BCUT2D eigenvalue weighted by Crippen LogP contribution is 2.18. The third-order valence-electron chi connectivity index (χ3n) is 15.4. The van der Waals surface area contributed by atoms with Crippen LogP contribution in [-0.2, 0) is 28.6 Å². The molecule has 0 aliphatic rings. The molecule has 0 saturated carbocycles. The van der Waals surface area contributed by atoms with Crippen LogP contribution >= 0.6 is 0 Å². The van der Waals surface area contributed by atoms with Crippen molar-refractivity contribution in [3.8, 4) is 0 Å². The van der Waals surface area contributed by atoms with Crippen LogP contribution in [0.25, 0.3) is 0 Å². The van der Waals surface area contributed by atoms with Crippen LogP contribution in [0.3, 0.4) is 0 Å². The first-order valence-electron chi connectivity index (χ1n) is 35.1. The Hall–Kier alpha value is -3.41. The summed E-state index contributed by atoms with van der Waals surface area (Å²) in [5.74, 6) is -0.877. The van der Waals surface area contributed by atoms with Gasteiger partial charge in [0.1, 0.15) is 13.2 Å². The van der Waals surface area contributed by atoms with E-state index in [9.17, 15) is 14.4 Å². The Labute approximate surface area is 503 Å². The first-order valence-corrected chi connectivity index (χ1v) is 35.1. The summed E-state index contributed by atoms with van der Waals surface area (Å²) in [7, 11) is 0. The normalized spacial score (nSPS) is 12.6. The van der Waals surface area contributed by atoms with Crippen LogP contribution in [0.4, 0.5) is 0 Å². The zero-order valence-electron chi connectivity index (χ0n) is 53.8. The van der Waals surface area contributed by atoms with Gasteiger partial charge in [-0.05, 0) is 77.0 Å². The first kappa shape index (κ1) is 77.6. The Morgan fingerprint density at radius 1 is 0.259 bits per heavy atom. The summed E-state index contributed by atoms with van der Waals surface area (Å²) in [6.45, 7) is 6.56. The van der Waals surface area contributed by atoms with Gasteiger partial charge in [0, 0.05) is 19.3 Å². The lowest BCUT2D eigenvalue weighted by Crippen LogP contribution is -2.30. The van der Waals surface area contributed by atoms with E-state index in [1.54, 1.807) is 0 Å². The number of ether oxygens (including phenoxy) is 3. The number of carbonyl (C=O) groups excluding carboxylic acids is 3. The van der Waals surface area contributed by atoms with Gasteiger partial charge in [0.25, 0.3) is 0 Å². The molecule has 0 fully saturated rings. The van der Waals surface area contributed by atoms with Crippen LogP contribution in [0.1, 0.15) is 355 Å². The van der Waals surface area contributed by atoms with E-state index in [1.807, 2.05) is 0 Å². The Morgan fingerprint density at radius 3 is 0.753 bits per heavy atom. The Balaban J connectivity index is 4.32. The maximum atomic E-state index is 13.0. The fourth-order valence-electron chi connectivity index (χ4n) is 10.2. The van der Waals surface area contributed by atoms with Crippen molar-refractivity contribution in [2.75, 3.05) is 13.2 Å². The van der Waals surface area contributed by atoms with Gasteiger partial charge < -0.3 is 14.2 Å². The van der Waals surface area contributed by atoms with Crippen molar-refractivity contribution in [1.29, 1.82) is 0 Å². The highest BCUT2D eigenvalue weighted by Gasteiger charge is 2.19. The quantitative estimate of drug-likeness (QED) is 0.0261. The molecule has 6 nitrogen and oxygen atoms in total. The van der Waals surface area contributed by atoms with Gasteiger partial charge in [-0.25, -0.2) is 0 Å². The molecule has 0 amide bonds. The molecule has 81 heavy (non-hydrogen) atoms. The Kier molecular flexibility index (Phi) is 66.2. The van der Waals surface area contributed by atoms with Crippen molar-refractivity contribution in [3.05, 3.63) is 85.1 Å². The van der Waals surface area contributed by atoms with Gasteiger partial charge in [-0.1, -0.05) is 343 Å². The van der Waals surface area contributed by atoms with E-state index in [0.717, 1.165) is 122 Å².